The number of para-hydroxylation sites is 1. The lowest BCUT2D eigenvalue weighted by molar-refractivity contribution is -0.138. The first-order valence-corrected chi connectivity index (χ1v) is 10.3. The summed E-state index contributed by atoms with van der Waals surface area (Å²) in [6, 6.07) is 17.9. The fourth-order valence-corrected chi connectivity index (χ4v) is 3.72. The number of rotatable bonds is 6. The predicted molar refractivity (Wildman–Crippen MR) is 119 cm³/mol. The molecule has 8 nitrogen and oxygen atoms in total. The summed E-state index contributed by atoms with van der Waals surface area (Å²) in [4.78, 5) is 38.3. The molecule has 0 unspecified atom stereocenters. The molecule has 0 spiro atoms. The van der Waals surface area contributed by atoms with Crippen LogP contribution in [0, 0.1) is 25.2 Å². The Balaban J connectivity index is 1.46. The van der Waals surface area contributed by atoms with E-state index in [1.165, 1.54) is 6.08 Å². The van der Waals surface area contributed by atoms with Crippen LogP contribution in [-0.4, -0.2) is 45.6 Å². The zero-order valence-corrected chi connectivity index (χ0v) is 18.1. The number of amides is 2. The Morgan fingerprint density at radius 1 is 1.03 bits per heavy atom. The van der Waals surface area contributed by atoms with E-state index >= 15 is 0 Å². The van der Waals surface area contributed by atoms with Gasteiger partial charge in [-0.05, 0) is 44.2 Å². The van der Waals surface area contributed by atoms with E-state index in [1.807, 2.05) is 43.3 Å². The average Bonchev–Trinajstić information content (AvgIpc) is 3.25. The van der Waals surface area contributed by atoms with E-state index in [4.69, 9.17) is 4.74 Å². The van der Waals surface area contributed by atoms with Gasteiger partial charge in [0.05, 0.1) is 29.1 Å². The molecule has 8 heteroatoms. The molecule has 1 aliphatic rings. The molecule has 1 aromatic heterocycles. The van der Waals surface area contributed by atoms with E-state index in [2.05, 4.69) is 5.10 Å². The molecule has 2 aromatic carbocycles. The van der Waals surface area contributed by atoms with Crippen molar-refractivity contribution in [2.45, 2.75) is 13.8 Å². The molecule has 2 amide bonds. The highest BCUT2D eigenvalue weighted by atomic mass is 16.5. The van der Waals surface area contributed by atoms with Crippen LogP contribution in [-0.2, 0) is 9.53 Å². The molecule has 4 rings (SSSR count). The Bertz CT molecular complexity index is 1300. The first-order valence-electron chi connectivity index (χ1n) is 10.3. The number of carbonyl (C=O) groups excluding carboxylic acids is 3. The highest BCUT2D eigenvalue weighted by Crippen LogP contribution is 2.23. The maximum atomic E-state index is 12.5. The van der Waals surface area contributed by atoms with Crippen LogP contribution in [0.4, 0.5) is 0 Å². The number of hydrogen-bond donors (Lipinski definition) is 0. The zero-order chi connectivity index (χ0) is 23.5. The molecule has 0 saturated carbocycles. The molecule has 0 radical (unpaired) electrons. The number of carbonyl (C=O) groups is 3. The van der Waals surface area contributed by atoms with Crippen LogP contribution in [0.25, 0.3) is 11.8 Å². The molecule has 0 aliphatic carbocycles. The first-order chi connectivity index (χ1) is 15.9. The molecular weight excluding hydrogens is 420 g/mol. The Labute approximate surface area is 190 Å². The lowest BCUT2D eigenvalue weighted by Gasteiger charge is -2.13. The molecule has 164 valence electrons. The van der Waals surface area contributed by atoms with Crippen LogP contribution >= 0.6 is 0 Å². The summed E-state index contributed by atoms with van der Waals surface area (Å²) in [6.07, 6.45) is 1.45. The largest absolute Gasteiger partial charge is 0.460 e. The summed E-state index contributed by atoms with van der Waals surface area (Å²) in [5.41, 5.74) is 3.39. The number of benzene rings is 2. The number of fused-ring (bicyclic) bond motifs is 1. The molecular formula is C25H20N4O4. The molecule has 0 N–H and O–H groups in total. The minimum absolute atomic E-state index is 0.0964. The van der Waals surface area contributed by atoms with Gasteiger partial charge in [-0.2, -0.15) is 10.4 Å². The topological polar surface area (TPSA) is 105 Å². The van der Waals surface area contributed by atoms with E-state index in [1.54, 1.807) is 35.9 Å². The Kier molecular flexibility index (Phi) is 5.87. The summed E-state index contributed by atoms with van der Waals surface area (Å²) in [5.74, 6) is -1.69. The van der Waals surface area contributed by atoms with Gasteiger partial charge in [0, 0.05) is 11.3 Å². The van der Waals surface area contributed by atoms with Gasteiger partial charge in [-0.25, -0.2) is 9.48 Å². The third-order valence-electron chi connectivity index (χ3n) is 5.40. The summed E-state index contributed by atoms with van der Waals surface area (Å²) >= 11 is 0. The maximum Gasteiger partial charge on any atom is 0.348 e. The van der Waals surface area contributed by atoms with Crippen LogP contribution < -0.4 is 0 Å². The third kappa shape index (κ3) is 4.04. The first kappa shape index (κ1) is 21.7. The Morgan fingerprint density at radius 2 is 1.64 bits per heavy atom. The number of imide groups is 1. The van der Waals surface area contributed by atoms with Crippen molar-refractivity contribution in [1.29, 1.82) is 5.26 Å². The number of nitriles is 1. The van der Waals surface area contributed by atoms with E-state index in [0.29, 0.717) is 22.4 Å². The third-order valence-corrected chi connectivity index (χ3v) is 5.40. The molecule has 2 heterocycles. The minimum Gasteiger partial charge on any atom is -0.460 e. The van der Waals surface area contributed by atoms with Crippen LogP contribution in [0.15, 0.2) is 60.2 Å². The van der Waals surface area contributed by atoms with Crippen LogP contribution in [0.5, 0.6) is 0 Å². The van der Waals surface area contributed by atoms with Gasteiger partial charge < -0.3 is 4.74 Å². The predicted octanol–water partition coefficient (Wildman–Crippen LogP) is 3.24. The summed E-state index contributed by atoms with van der Waals surface area (Å²) in [7, 11) is 0. The molecule has 0 bridgehead atoms. The summed E-state index contributed by atoms with van der Waals surface area (Å²) in [5, 5.41) is 14.0. The van der Waals surface area contributed by atoms with E-state index in [-0.39, 0.29) is 18.7 Å². The number of esters is 1. The maximum absolute atomic E-state index is 12.5. The van der Waals surface area contributed by atoms with Crippen LogP contribution in [0.1, 0.15) is 37.7 Å². The van der Waals surface area contributed by atoms with Gasteiger partial charge in [-0.1, -0.05) is 30.3 Å². The van der Waals surface area contributed by atoms with Crippen molar-refractivity contribution >= 4 is 23.9 Å². The number of ether oxygens (including phenoxy) is 1. The fraction of sp³-hybridized carbons (Fsp3) is 0.160. The van der Waals surface area contributed by atoms with Crippen molar-refractivity contribution in [3.05, 3.63) is 88.2 Å². The summed E-state index contributed by atoms with van der Waals surface area (Å²) < 4.78 is 6.93. The Hall–Kier alpha value is -4.51. The molecule has 3 aromatic rings. The van der Waals surface area contributed by atoms with Crippen molar-refractivity contribution in [3.8, 4) is 11.8 Å². The molecule has 0 saturated heterocycles. The average molecular weight is 440 g/mol. The molecule has 1 aliphatic heterocycles. The van der Waals surface area contributed by atoms with Gasteiger partial charge in [0.25, 0.3) is 11.8 Å². The lowest BCUT2D eigenvalue weighted by atomic mass is 10.1. The van der Waals surface area contributed by atoms with E-state index < -0.39 is 17.8 Å². The van der Waals surface area contributed by atoms with Gasteiger partial charge in [0.1, 0.15) is 18.2 Å². The van der Waals surface area contributed by atoms with Crippen molar-refractivity contribution in [3.63, 3.8) is 0 Å². The second kappa shape index (κ2) is 8.93. The molecule has 0 fully saturated rings. The van der Waals surface area contributed by atoms with Crippen molar-refractivity contribution in [1.82, 2.24) is 14.7 Å². The number of aromatic nitrogens is 2. The number of hydrogen-bond acceptors (Lipinski definition) is 6. The monoisotopic (exact) mass is 440 g/mol. The van der Waals surface area contributed by atoms with Gasteiger partial charge in [-0.3, -0.25) is 14.5 Å². The van der Waals surface area contributed by atoms with Crippen molar-refractivity contribution in [2.24, 2.45) is 0 Å². The second-order valence-electron chi connectivity index (χ2n) is 7.45. The van der Waals surface area contributed by atoms with Crippen molar-refractivity contribution < 1.29 is 19.1 Å². The van der Waals surface area contributed by atoms with E-state index in [9.17, 15) is 19.6 Å². The molecule has 33 heavy (non-hydrogen) atoms. The molecule has 0 atom stereocenters. The normalized spacial score (nSPS) is 13.1. The van der Waals surface area contributed by atoms with Crippen LogP contribution in [0.3, 0.4) is 0 Å². The standard InChI is InChI=1S/C25H20N4O4/c1-16-22(17(2)29(27-16)19-8-4-3-5-9-19)14-18(15-26)25(32)33-13-12-28-23(30)20-10-6-7-11-21(20)24(28)31/h3-11,14H,12-13H2,1-2H3/b18-14+. The zero-order valence-electron chi connectivity index (χ0n) is 18.1. The summed E-state index contributed by atoms with van der Waals surface area (Å²) in [6.45, 7) is 3.33. The van der Waals surface area contributed by atoms with Crippen LogP contribution in [0.2, 0.25) is 0 Å². The van der Waals surface area contributed by atoms with Gasteiger partial charge in [0.2, 0.25) is 0 Å². The number of nitrogens with zero attached hydrogens (tertiary/aromatic N) is 4. The highest BCUT2D eigenvalue weighted by Gasteiger charge is 2.34. The Morgan fingerprint density at radius 3 is 2.24 bits per heavy atom. The minimum atomic E-state index is -0.833. The van der Waals surface area contributed by atoms with Crippen molar-refractivity contribution in [2.75, 3.05) is 13.2 Å². The highest BCUT2D eigenvalue weighted by molar-refractivity contribution is 6.21. The second-order valence-corrected chi connectivity index (χ2v) is 7.45. The number of aryl methyl sites for hydroxylation is 1. The lowest BCUT2D eigenvalue weighted by Crippen LogP contribution is -2.33. The van der Waals surface area contributed by atoms with Gasteiger partial charge in [-0.15, -0.1) is 0 Å². The van der Waals surface area contributed by atoms with Gasteiger partial charge >= 0.3 is 5.97 Å². The quantitative estimate of drug-likeness (QED) is 0.252. The smallest absolute Gasteiger partial charge is 0.348 e. The van der Waals surface area contributed by atoms with E-state index in [0.717, 1.165) is 16.3 Å². The van der Waals surface area contributed by atoms with Gasteiger partial charge in [0.15, 0.2) is 0 Å². The fourth-order valence-electron chi connectivity index (χ4n) is 3.72. The SMILES string of the molecule is Cc1nn(-c2ccccc2)c(C)c1/C=C(\C#N)C(=O)OCCN1C(=O)c2ccccc2C1=O.